The monoisotopic (exact) mass is 262 g/mol. The third-order valence-electron chi connectivity index (χ3n) is 3.72. The van der Waals surface area contributed by atoms with Gasteiger partial charge in [-0.15, -0.1) is 0 Å². The molecule has 1 amide bonds. The molecule has 2 rings (SSSR count). The van der Waals surface area contributed by atoms with Crippen LogP contribution in [0.1, 0.15) is 25.3 Å². The molecular weight excluding hydrogens is 240 g/mol. The van der Waals surface area contributed by atoms with Crippen LogP contribution in [0.3, 0.4) is 0 Å². The molecule has 1 heterocycles. The van der Waals surface area contributed by atoms with Crippen molar-refractivity contribution >= 4 is 5.91 Å². The number of aromatic hydroxyl groups is 1. The van der Waals surface area contributed by atoms with Crippen LogP contribution in [0.5, 0.6) is 5.75 Å². The van der Waals surface area contributed by atoms with Crippen LogP contribution in [-0.2, 0) is 11.2 Å². The van der Waals surface area contributed by atoms with Crippen molar-refractivity contribution in [3.05, 3.63) is 29.8 Å². The second-order valence-electron chi connectivity index (χ2n) is 5.37. The molecule has 1 aliphatic heterocycles. The zero-order chi connectivity index (χ0) is 13.8. The fraction of sp³-hybridized carbons (Fsp3) is 0.533. The van der Waals surface area contributed by atoms with Gasteiger partial charge in [0, 0.05) is 19.6 Å². The van der Waals surface area contributed by atoms with Gasteiger partial charge in [-0.1, -0.05) is 12.1 Å². The Balaban J connectivity index is 1.77. The van der Waals surface area contributed by atoms with Crippen molar-refractivity contribution in [1.29, 1.82) is 0 Å². The molecule has 1 aromatic carbocycles. The number of phenolic OH excluding ortho intramolecular Hbond substituents is 1. The number of carbonyl (C=O) groups is 1. The van der Waals surface area contributed by atoms with Crippen LogP contribution >= 0.6 is 0 Å². The summed E-state index contributed by atoms with van der Waals surface area (Å²) >= 11 is 0. The fourth-order valence-electron chi connectivity index (χ4n) is 2.45. The maximum absolute atomic E-state index is 11.8. The molecule has 4 heteroatoms. The second kappa shape index (κ2) is 6.06. The predicted octanol–water partition coefficient (Wildman–Crippen LogP) is 1.53. The van der Waals surface area contributed by atoms with Crippen molar-refractivity contribution in [2.75, 3.05) is 13.6 Å². The Morgan fingerprint density at radius 1 is 1.42 bits per heavy atom. The Morgan fingerprint density at radius 2 is 2.11 bits per heavy atom. The van der Waals surface area contributed by atoms with Crippen LogP contribution in [0.25, 0.3) is 0 Å². The van der Waals surface area contributed by atoms with E-state index in [1.165, 1.54) is 5.56 Å². The summed E-state index contributed by atoms with van der Waals surface area (Å²) in [5.41, 5.74) is 1.21. The minimum atomic E-state index is -0.0141. The number of likely N-dealkylation sites (tertiary alicyclic amines) is 1. The Hall–Kier alpha value is -1.55. The first kappa shape index (κ1) is 13.9. The average molecular weight is 262 g/mol. The molecule has 0 unspecified atom stereocenters. The van der Waals surface area contributed by atoms with Crippen molar-refractivity contribution in [3.8, 4) is 5.75 Å². The van der Waals surface area contributed by atoms with E-state index in [4.69, 9.17) is 0 Å². The van der Waals surface area contributed by atoms with Gasteiger partial charge >= 0.3 is 0 Å². The minimum Gasteiger partial charge on any atom is -0.508 e. The Morgan fingerprint density at radius 3 is 2.68 bits per heavy atom. The second-order valence-corrected chi connectivity index (χ2v) is 5.37. The smallest absolute Gasteiger partial charge is 0.239 e. The lowest BCUT2D eigenvalue weighted by Gasteiger charge is -2.18. The van der Waals surface area contributed by atoms with Gasteiger partial charge in [0.15, 0.2) is 0 Å². The Bertz CT molecular complexity index is 430. The molecule has 2 N–H and O–H groups in total. The molecule has 0 bridgehead atoms. The number of carbonyl (C=O) groups excluding carboxylic acids is 1. The molecule has 0 radical (unpaired) electrons. The highest BCUT2D eigenvalue weighted by Crippen LogP contribution is 2.13. The van der Waals surface area contributed by atoms with Crippen molar-refractivity contribution in [2.24, 2.45) is 0 Å². The first-order valence-corrected chi connectivity index (χ1v) is 6.85. The van der Waals surface area contributed by atoms with Crippen molar-refractivity contribution < 1.29 is 9.90 Å². The first-order chi connectivity index (χ1) is 9.06. The van der Waals surface area contributed by atoms with Gasteiger partial charge < -0.3 is 15.3 Å². The van der Waals surface area contributed by atoms with Crippen LogP contribution in [0.4, 0.5) is 0 Å². The lowest BCUT2D eigenvalue weighted by Crippen LogP contribution is -2.41. The topological polar surface area (TPSA) is 52.6 Å². The summed E-state index contributed by atoms with van der Waals surface area (Å²) < 4.78 is 0. The number of nitrogens with one attached hydrogen (secondary N) is 1. The number of hydrogen-bond acceptors (Lipinski definition) is 3. The van der Waals surface area contributed by atoms with Crippen LogP contribution in [-0.4, -0.2) is 41.6 Å². The third-order valence-corrected chi connectivity index (χ3v) is 3.72. The van der Waals surface area contributed by atoms with Crippen molar-refractivity contribution in [3.63, 3.8) is 0 Å². The van der Waals surface area contributed by atoms with E-state index in [2.05, 4.69) is 12.2 Å². The molecule has 0 aromatic heterocycles. The van der Waals surface area contributed by atoms with Crippen molar-refractivity contribution in [1.82, 2.24) is 10.2 Å². The molecular formula is C15H22N2O2. The molecule has 2 atom stereocenters. The summed E-state index contributed by atoms with van der Waals surface area (Å²) in [4.78, 5) is 13.6. The van der Waals surface area contributed by atoms with E-state index in [9.17, 15) is 9.90 Å². The van der Waals surface area contributed by atoms with E-state index in [1.54, 1.807) is 17.0 Å². The highest BCUT2D eigenvalue weighted by molar-refractivity contribution is 5.83. The van der Waals surface area contributed by atoms with Gasteiger partial charge in [-0.25, -0.2) is 0 Å². The standard InChI is InChI=1S/C15H22N2O2/c1-11(16-14-9-10-17(2)15(14)19)3-4-12-5-7-13(18)8-6-12/h5-8,11,14,16,18H,3-4,9-10H2,1-2H3/t11-,14+/m0/s1. The molecule has 4 nitrogen and oxygen atoms in total. The number of likely N-dealkylation sites (N-methyl/N-ethyl adjacent to an activating group) is 1. The van der Waals surface area contributed by atoms with Crippen LogP contribution in [0.2, 0.25) is 0 Å². The number of rotatable bonds is 5. The third kappa shape index (κ3) is 3.70. The average Bonchev–Trinajstić information content (AvgIpc) is 2.70. The quantitative estimate of drug-likeness (QED) is 0.846. The summed E-state index contributed by atoms with van der Waals surface area (Å²) in [6.07, 6.45) is 2.84. The summed E-state index contributed by atoms with van der Waals surface area (Å²) in [7, 11) is 1.85. The highest BCUT2D eigenvalue weighted by atomic mass is 16.3. The zero-order valence-electron chi connectivity index (χ0n) is 11.6. The van der Waals surface area contributed by atoms with Crippen LogP contribution < -0.4 is 5.32 Å². The molecule has 0 aliphatic carbocycles. The molecule has 0 spiro atoms. The Kier molecular flexibility index (Phi) is 4.43. The van der Waals surface area contributed by atoms with Gasteiger partial charge in [-0.2, -0.15) is 0 Å². The Labute approximate surface area is 114 Å². The number of amides is 1. The lowest BCUT2D eigenvalue weighted by molar-refractivity contribution is -0.128. The van der Waals surface area contributed by atoms with E-state index >= 15 is 0 Å². The predicted molar refractivity (Wildman–Crippen MR) is 75.1 cm³/mol. The molecule has 104 valence electrons. The maximum atomic E-state index is 11.8. The number of benzene rings is 1. The summed E-state index contributed by atoms with van der Waals surface area (Å²) in [6.45, 7) is 2.97. The van der Waals surface area contributed by atoms with E-state index < -0.39 is 0 Å². The van der Waals surface area contributed by atoms with Crippen LogP contribution in [0.15, 0.2) is 24.3 Å². The van der Waals surface area contributed by atoms with Gasteiger partial charge in [-0.3, -0.25) is 4.79 Å². The molecule has 0 saturated carbocycles. The van der Waals surface area contributed by atoms with Gasteiger partial charge in [0.2, 0.25) is 5.91 Å². The van der Waals surface area contributed by atoms with Crippen LogP contribution in [0, 0.1) is 0 Å². The number of nitrogens with zero attached hydrogens (tertiary/aromatic N) is 1. The maximum Gasteiger partial charge on any atom is 0.239 e. The van der Waals surface area contributed by atoms with E-state index in [1.807, 2.05) is 19.2 Å². The molecule has 1 aromatic rings. The van der Waals surface area contributed by atoms with Gasteiger partial charge in [-0.05, 0) is 43.9 Å². The number of hydrogen-bond donors (Lipinski definition) is 2. The normalized spacial score (nSPS) is 20.8. The largest absolute Gasteiger partial charge is 0.508 e. The van der Waals surface area contributed by atoms with Gasteiger partial charge in [0.1, 0.15) is 5.75 Å². The minimum absolute atomic E-state index is 0.0141. The molecule has 19 heavy (non-hydrogen) atoms. The number of phenols is 1. The van der Waals surface area contributed by atoms with E-state index in [0.717, 1.165) is 25.8 Å². The molecule has 1 aliphatic rings. The van der Waals surface area contributed by atoms with E-state index in [0.29, 0.717) is 11.8 Å². The van der Waals surface area contributed by atoms with Crippen molar-refractivity contribution in [2.45, 2.75) is 38.3 Å². The summed E-state index contributed by atoms with van der Waals surface area (Å²) in [5, 5.41) is 12.6. The SMILES string of the molecule is C[C@@H](CCc1ccc(O)cc1)N[C@@H]1CCN(C)C1=O. The summed E-state index contributed by atoms with van der Waals surface area (Å²) in [5.74, 6) is 0.506. The molecule has 1 saturated heterocycles. The molecule has 1 fully saturated rings. The fourth-order valence-corrected chi connectivity index (χ4v) is 2.45. The lowest BCUT2D eigenvalue weighted by atomic mass is 10.1. The number of aryl methyl sites for hydroxylation is 1. The first-order valence-electron chi connectivity index (χ1n) is 6.85. The summed E-state index contributed by atoms with van der Waals surface area (Å²) in [6, 6.07) is 7.60. The zero-order valence-corrected chi connectivity index (χ0v) is 11.6. The highest BCUT2D eigenvalue weighted by Gasteiger charge is 2.29. The van der Waals surface area contributed by atoms with Gasteiger partial charge in [0.05, 0.1) is 6.04 Å². The van der Waals surface area contributed by atoms with E-state index in [-0.39, 0.29) is 11.9 Å². The van der Waals surface area contributed by atoms with Gasteiger partial charge in [0.25, 0.3) is 0 Å².